The molecule has 1 aromatic rings. The van der Waals surface area contributed by atoms with E-state index >= 15 is 0 Å². The van der Waals surface area contributed by atoms with Crippen molar-refractivity contribution in [2.24, 2.45) is 4.99 Å². The first-order valence-corrected chi connectivity index (χ1v) is 10.4. The summed E-state index contributed by atoms with van der Waals surface area (Å²) in [6.45, 7) is 2.83. The van der Waals surface area contributed by atoms with E-state index in [-0.39, 0.29) is 40.9 Å². The Bertz CT molecular complexity index is 676. The van der Waals surface area contributed by atoms with Gasteiger partial charge in [0.15, 0.2) is 15.8 Å². The highest BCUT2D eigenvalue weighted by Crippen LogP contribution is 2.48. The summed E-state index contributed by atoms with van der Waals surface area (Å²) in [7, 11) is -1.26. The summed E-state index contributed by atoms with van der Waals surface area (Å²) in [5.41, 5.74) is 1.49. The molecular formula is C16H25BrIN3O2S. The van der Waals surface area contributed by atoms with Gasteiger partial charge in [-0.15, -0.1) is 24.0 Å². The Kier molecular flexibility index (Phi) is 8.47. The monoisotopic (exact) mass is 529 g/mol. The minimum Gasteiger partial charge on any atom is -0.356 e. The smallest absolute Gasteiger partial charge is 0.191 e. The summed E-state index contributed by atoms with van der Waals surface area (Å²) < 4.78 is 24.1. The second kappa shape index (κ2) is 9.38. The predicted molar refractivity (Wildman–Crippen MR) is 114 cm³/mol. The zero-order valence-corrected chi connectivity index (χ0v) is 18.7. The van der Waals surface area contributed by atoms with Gasteiger partial charge in [-0.25, -0.2) is 8.42 Å². The number of guanidine groups is 1. The molecule has 0 unspecified atom stereocenters. The van der Waals surface area contributed by atoms with Crippen LogP contribution in [0.3, 0.4) is 0 Å². The molecule has 0 aromatic heterocycles. The van der Waals surface area contributed by atoms with Crippen molar-refractivity contribution in [1.82, 2.24) is 10.6 Å². The van der Waals surface area contributed by atoms with Crippen molar-refractivity contribution in [3.8, 4) is 0 Å². The Balaban J connectivity index is 0.00000288. The summed E-state index contributed by atoms with van der Waals surface area (Å²) in [4.78, 5) is 4.17. The molecule has 0 bridgehead atoms. The van der Waals surface area contributed by atoms with E-state index in [4.69, 9.17) is 0 Å². The molecule has 1 aromatic carbocycles. The normalized spacial score (nSPS) is 16.2. The molecule has 8 heteroatoms. The fraction of sp³-hybridized carbons (Fsp3) is 0.562. The van der Waals surface area contributed by atoms with Gasteiger partial charge in [0.05, 0.1) is 5.75 Å². The van der Waals surface area contributed by atoms with Crippen molar-refractivity contribution >= 4 is 55.7 Å². The van der Waals surface area contributed by atoms with Gasteiger partial charge in [0.25, 0.3) is 0 Å². The fourth-order valence-electron chi connectivity index (χ4n) is 2.48. The van der Waals surface area contributed by atoms with Crippen LogP contribution in [0.5, 0.6) is 0 Å². The van der Waals surface area contributed by atoms with Crippen molar-refractivity contribution in [2.75, 3.05) is 31.6 Å². The van der Waals surface area contributed by atoms with E-state index in [2.05, 4.69) is 49.8 Å². The third-order valence-corrected chi connectivity index (χ3v) is 6.45. The fourth-order valence-corrected chi connectivity index (χ4v) is 3.58. The maximum Gasteiger partial charge on any atom is 0.191 e. The summed E-state index contributed by atoms with van der Waals surface area (Å²) >= 11 is 3.52. The van der Waals surface area contributed by atoms with Crippen LogP contribution in [0.15, 0.2) is 33.7 Å². The summed E-state index contributed by atoms with van der Waals surface area (Å²) in [6.07, 6.45) is 2.30. The molecule has 2 rings (SSSR count). The number of halogens is 2. The molecule has 0 aliphatic heterocycles. The Morgan fingerprint density at radius 2 is 2.04 bits per heavy atom. The second-order valence-electron chi connectivity index (χ2n) is 5.88. The van der Waals surface area contributed by atoms with Gasteiger partial charge in [-0.2, -0.15) is 0 Å². The van der Waals surface area contributed by atoms with Crippen molar-refractivity contribution in [1.29, 1.82) is 0 Å². The highest BCUT2D eigenvalue weighted by atomic mass is 127. The number of rotatable bonds is 7. The lowest BCUT2D eigenvalue weighted by atomic mass is 9.96. The first kappa shape index (κ1) is 21.7. The lowest BCUT2D eigenvalue weighted by molar-refractivity contribution is 0.595. The number of nitrogens with zero attached hydrogens (tertiary/aromatic N) is 1. The Morgan fingerprint density at radius 3 is 2.58 bits per heavy atom. The molecule has 1 saturated carbocycles. The molecule has 0 spiro atoms. The van der Waals surface area contributed by atoms with Crippen LogP contribution < -0.4 is 10.6 Å². The van der Waals surface area contributed by atoms with E-state index in [1.807, 2.05) is 6.07 Å². The van der Waals surface area contributed by atoms with E-state index in [1.165, 1.54) is 5.56 Å². The van der Waals surface area contributed by atoms with Crippen LogP contribution in [0.4, 0.5) is 0 Å². The Labute approximate surface area is 170 Å². The lowest BCUT2D eigenvalue weighted by Crippen LogP contribution is -2.42. The third kappa shape index (κ3) is 6.18. The number of benzene rings is 1. The molecule has 136 valence electrons. The van der Waals surface area contributed by atoms with Crippen LogP contribution in [0, 0.1) is 0 Å². The maximum absolute atomic E-state index is 11.5. The van der Waals surface area contributed by atoms with E-state index in [9.17, 15) is 8.42 Å². The molecule has 0 atom stereocenters. The van der Waals surface area contributed by atoms with E-state index in [0.717, 1.165) is 23.9 Å². The van der Waals surface area contributed by atoms with Crippen molar-refractivity contribution in [3.63, 3.8) is 0 Å². The number of hydrogen-bond donors (Lipinski definition) is 2. The first-order chi connectivity index (χ1) is 10.9. The third-order valence-electron chi connectivity index (χ3n) is 4.25. The molecule has 1 aliphatic carbocycles. The largest absolute Gasteiger partial charge is 0.356 e. The zero-order chi connectivity index (χ0) is 16.9. The highest BCUT2D eigenvalue weighted by molar-refractivity contribution is 14.0. The van der Waals surface area contributed by atoms with E-state index in [0.29, 0.717) is 12.5 Å². The highest BCUT2D eigenvalue weighted by Gasteiger charge is 2.44. The van der Waals surface area contributed by atoms with Gasteiger partial charge in [0.2, 0.25) is 0 Å². The molecule has 0 radical (unpaired) electrons. The average Bonchev–Trinajstić information content (AvgIpc) is 3.32. The summed E-state index contributed by atoms with van der Waals surface area (Å²) in [6, 6.07) is 8.41. The molecule has 24 heavy (non-hydrogen) atoms. The maximum atomic E-state index is 11.5. The average molecular weight is 530 g/mol. The first-order valence-electron chi connectivity index (χ1n) is 7.82. The molecule has 1 aliphatic rings. The number of hydrogen-bond acceptors (Lipinski definition) is 3. The predicted octanol–water partition coefficient (Wildman–Crippen LogP) is 2.70. The minimum atomic E-state index is -2.95. The van der Waals surface area contributed by atoms with Gasteiger partial charge >= 0.3 is 0 Å². The molecule has 1 fully saturated rings. The molecule has 5 nitrogen and oxygen atoms in total. The lowest BCUT2D eigenvalue weighted by Gasteiger charge is -2.19. The van der Waals surface area contributed by atoms with Crippen molar-refractivity contribution < 1.29 is 8.42 Å². The number of nitrogens with one attached hydrogen (secondary N) is 2. The standard InChI is InChI=1S/C16H24BrN3O2S.HI/c1-3-23(21,22)10-9-19-15(18-2)20-12-16(7-8-16)13-5-4-6-14(17)11-13;/h4-6,11H,3,7-10,12H2,1-2H3,(H2,18,19,20);1H. The quantitative estimate of drug-likeness (QED) is 0.324. The summed E-state index contributed by atoms with van der Waals surface area (Å²) in [5.74, 6) is 0.950. The van der Waals surface area contributed by atoms with E-state index in [1.54, 1.807) is 14.0 Å². The van der Waals surface area contributed by atoms with Gasteiger partial charge in [-0.3, -0.25) is 4.99 Å². The van der Waals surface area contributed by atoms with Crippen molar-refractivity contribution in [3.05, 3.63) is 34.3 Å². The van der Waals surface area contributed by atoms with Gasteiger partial charge in [-0.05, 0) is 30.5 Å². The second-order valence-corrected chi connectivity index (χ2v) is 9.27. The Hall–Kier alpha value is -0.350. The topological polar surface area (TPSA) is 70.6 Å². The van der Waals surface area contributed by atoms with Crippen LogP contribution in [0.2, 0.25) is 0 Å². The Morgan fingerprint density at radius 1 is 1.33 bits per heavy atom. The summed E-state index contributed by atoms with van der Waals surface area (Å²) in [5, 5.41) is 6.40. The van der Waals surface area contributed by atoms with Crippen LogP contribution in [-0.2, 0) is 15.3 Å². The van der Waals surface area contributed by atoms with Gasteiger partial charge in [0.1, 0.15) is 0 Å². The van der Waals surface area contributed by atoms with Gasteiger partial charge < -0.3 is 10.6 Å². The number of sulfone groups is 1. The van der Waals surface area contributed by atoms with Crippen LogP contribution in [0.25, 0.3) is 0 Å². The van der Waals surface area contributed by atoms with Crippen LogP contribution in [-0.4, -0.2) is 46.0 Å². The van der Waals surface area contributed by atoms with Gasteiger partial charge in [-0.1, -0.05) is 35.0 Å². The molecule has 0 heterocycles. The van der Waals surface area contributed by atoms with E-state index < -0.39 is 9.84 Å². The SMILES string of the molecule is CCS(=O)(=O)CCNC(=NC)NCC1(c2cccc(Br)c2)CC1.I. The van der Waals surface area contributed by atoms with Crippen molar-refractivity contribution in [2.45, 2.75) is 25.2 Å². The zero-order valence-electron chi connectivity index (χ0n) is 14.0. The molecule has 0 amide bonds. The van der Waals surface area contributed by atoms with Gasteiger partial charge in [0, 0.05) is 35.8 Å². The van der Waals surface area contributed by atoms with Crippen LogP contribution >= 0.6 is 39.9 Å². The molecule has 2 N–H and O–H groups in total. The number of aliphatic imine (C=N–C) groups is 1. The minimum absolute atomic E-state index is 0. The molecule has 0 saturated heterocycles. The van der Waals surface area contributed by atoms with Crippen LogP contribution in [0.1, 0.15) is 25.3 Å². The molecular weight excluding hydrogens is 505 g/mol.